The molecule has 1 unspecified atom stereocenters. The van der Waals surface area contributed by atoms with Crippen LogP contribution >= 0.6 is 0 Å². The van der Waals surface area contributed by atoms with Gasteiger partial charge < -0.3 is 14.2 Å². The summed E-state index contributed by atoms with van der Waals surface area (Å²) in [5, 5.41) is 0. The van der Waals surface area contributed by atoms with E-state index in [0.29, 0.717) is 19.3 Å². The fraction of sp³-hybridized carbons (Fsp3) is 0.730. The number of carbonyl (C=O) groups is 3. The molecule has 0 amide bonds. The molecule has 0 radical (unpaired) electrons. The minimum Gasteiger partial charge on any atom is -0.462 e. The summed E-state index contributed by atoms with van der Waals surface area (Å²) in [6.45, 7) is 6.43. The number of unbranched alkanes of at least 4 members (excludes halogenated alkanes) is 27. The number of ether oxygens (including phenoxy) is 3. The molecule has 0 aliphatic rings. The summed E-state index contributed by atoms with van der Waals surface area (Å²) >= 11 is 0. The van der Waals surface area contributed by atoms with Gasteiger partial charge in [0.05, 0.1) is 0 Å². The Bertz CT molecular complexity index is 1330. The van der Waals surface area contributed by atoms with Crippen LogP contribution in [-0.4, -0.2) is 37.2 Å². The maximum Gasteiger partial charge on any atom is 0.306 e. The molecule has 6 heteroatoms. The van der Waals surface area contributed by atoms with E-state index < -0.39 is 6.10 Å². The monoisotopic (exact) mass is 961 g/mol. The average Bonchev–Trinajstić information content (AvgIpc) is 3.35. The van der Waals surface area contributed by atoms with Gasteiger partial charge in [0.1, 0.15) is 13.2 Å². The molecule has 0 fully saturated rings. The van der Waals surface area contributed by atoms with Gasteiger partial charge in [0, 0.05) is 19.3 Å². The molecule has 0 bridgehead atoms. The minimum atomic E-state index is -0.779. The van der Waals surface area contributed by atoms with Gasteiger partial charge in [-0.05, 0) is 96.3 Å². The SMILES string of the molecule is CC/C=C\C/C=C\C/C=C\C/C=C\C/C=C\CCCCCCCCCC(=O)OCC(COC(=O)CCCCCCC)OC(=O)CCCCCCCCCCCCC/C=C\C/C=C\CCCCCCC. The van der Waals surface area contributed by atoms with Crippen LogP contribution in [0.25, 0.3) is 0 Å². The lowest BCUT2D eigenvalue weighted by atomic mass is 10.0. The number of esters is 3. The predicted molar refractivity (Wildman–Crippen MR) is 297 cm³/mol. The standard InChI is InChI=1S/C63H108O6/c1-4-7-10-13-15-17-19-21-23-25-27-29-31-33-35-37-39-41-43-45-47-50-53-56-62(65)68-59-60(58-67-61(64)55-52-49-12-9-6-3)69-63(66)57-54-51-48-46-44-42-40-38-36-34-32-30-28-26-24-22-20-18-16-14-11-8-5-2/h7,10,15,17,20-23,26-29,33,35,60H,4-6,8-9,11-14,16,18-19,24-25,30-32,34,36-59H2,1-3H3/b10-7-,17-15-,22-20-,23-21-,28-26-,29-27-,35-33-. The Morgan fingerprint density at radius 2 is 0.565 bits per heavy atom. The fourth-order valence-electron chi connectivity index (χ4n) is 8.03. The van der Waals surface area contributed by atoms with Crippen molar-refractivity contribution in [3.63, 3.8) is 0 Å². The van der Waals surface area contributed by atoms with Crippen LogP contribution in [0.5, 0.6) is 0 Å². The highest BCUT2D eigenvalue weighted by Gasteiger charge is 2.19. The number of hydrogen-bond donors (Lipinski definition) is 0. The molecule has 0 heterocycles. The zero-order chi connectivity index (χ0) is 50.0. The smallest absolute Gasteiger partial charge is 0.306 e. The maximum absolute atomic E-state index is 12.8. The maximum atomic E-state index is 12.8. The van der Waals surface area contributed by atoms with E-state index in [0.717, 1.165) is 109 Å². The molecule has 0 aliphatic heterocycles. The Hall–Kier alpha value is -3.41. The van der Waals surface area contributed by atoms with Gasteiger partial charge in [0.25, 0.3) is 0 Å². The molecule has 0 aromatic carbocycles. The molecule has 0 aromatic rings. The molecular weight excluding hydrogens is 853 g/mol. The lowest BCUT2D eigenvalue weighted by Gasteiger charge is -2.18. The first-order valence-corrected chi connectivity index (χ1v) is 29.1. The summed E-state index contributed by atoms with van der Waals surface area (Å²) in [6.07, 6.45) is 74.7. The molecule has 69 heavy (non-hydrogen) atoms. The van der Waals surface area contributed by atoms with E-state index >= 15 is 0 Å². The molecule has 6 nitrogen and oxygen atoms in total. The van der Waals surface area contributed by atoms with Crippen molar-refractivity contribution in [3.8, 4) is 0 Å². The van der Waals surface area contributed by atoms with Gasteiger partial charge in [0.15, 0.2) is 6.10 Å². The molecule has 0 aliphatic carbocycles. The molecule has 0 saturated carbocycles. The third-order valence-electron chi connectivity index (χ3n) is 12.4. The highest BCUT2D eigenvalue weighted by Crippen LogP contribution is 2.15. The molecule has 0 rings (SSSR count). The third-order valence-corrected chi connectivity index (χ3v) is 12.4. The molecule has 0 aromatic heterocycles. The molecule has 0 spiro atoms. The van der Waals surface area contributed by atoms with Gasteiger partial charge in [-0.3, -0.25) is 14.4 Å². The van der Waals surface area contributed by atoms with Crippen LogP contribution in [0.1, 0.15) is 278 Å². The number of allylic oxidation sites excluding steroid dienone is 14. The van der Waals surface area contributed by atoms with Gasteiger partial charge in [-0.25, -0.2) is 0 Å². The Labute approximate surface area is 426 Å². The van der Waals surface area contributed by atoms with Gasteiger partial charge in [-0.2, -0.15) is 0 Å². The zero-order valence-corrected chi connectivity index (χ0v) is 45.3. The van der Waals surface area contributed by atoms with Gasteiger partial charge >= 0.3 is 17.9 Å². The van der Waals surface area contributed by atoms with Gasteiger partial charge in [-0.15, -0.1) is 0 Å². The van der Waals surface area contributed by atoms with E-state index in [1.807, 2.05) is 0 Å². The Kier molecular flexibility index (Phi) is 54.3. The van der Waals surface area contributed by atoms with E-state index in [1.165, 1.54) is 128 Å². The quantitative estimate of drug-likeness (QED) is 0.0262. The first kappa shape index (κ1) is 65.6. The van der Waals surface area contributed by atoms with Crippen LogP contribution < -0.4 is 0 Å². The van der Waals surface area contributed by atoms with Crippen molar-refractivity contribution in [1.29, 1.82) is 0 Å². The molecule has 396 valence electrons. The van der Waals surface area contributed by atoms with Crippen LogP contribution in [0.2, 0.25) is 0 Å². The molecule has 1 atom stereocenters. The van der Waals surface area contributed by atoms with E-state index in [-0.39, 0.29) is 31.1 Å². The summed E-state index contributed by atoms with van der Waals surface area (Å²) in [6, 6.07) is 0. The van der Waals surface area contributed by atoms with E-state index in [4.69, 9.17) is 14.2 Å². The van der Waals surface area contributed by atoms with E-state index in [9.17, 15) is 14.4 Å². The Morgan fingerprint density at radius 3 is 0.884 bits per heavy atom. The van der Waals surface area contributed by atoms with Crippen molar-refractivity contribution in [3.05, 3.63) is 85.1 Å². The summed E-state index contributed by atoms with van der Waals surface area (Å²) in [7, 11) is 0. The lowest BCUT2D eigenvalue weighted by Crippen LogP contribution is -2.30. The Morgan fingerprint density at radius 1 is 0.304 bits per heavy atom. The first-order valence-electron chi connectivity index (χ1n) is 29.1. The van der Waals surface area contributed by atoms with Gasteiger partial charge in [0.2, 0.25) is 0 Å². The van der Waals surface area contributed by atoms with Crippen molar-refractivity contribution in [2.75, 3.05) is 13.2 Å². The van der Waals surface area contributed by atoms with Crippen molar-refractivity contribution in [2.45, 2.75) is 284 Å². The van der Waals surface area contributed by atoms with Crippen molar-refractivity contribution >= 4 is 17.9 Å². The summed E-state index contributed by atoms with van der Waals surface area (Å²) in [5.74, 6) is -0.903. The summed E-state index contributed by atoms with van der Waals surface area (Å²) in [4.78, 5) is 37.8. The topological polar surface area (TPSA) is 78.9 Å². The largest absolute Gasteiger partial charge is 0.462 e. The predicted octanol–water partition coefficient (Wildman–Crippen LogP) is 19.5. The molecule has 0 N–H and O–H groups in total. The second-order valence-corrected chi connectivity index (χ2v) is 19.2. The molecular formula is C63H108O6. The highest BCUT2D eigenvalue weighted by molar-refractivity contribution is 5.71. The number of hydrogen-bond acceptors (Lipinski definition) is 6. The third kappa shape index (κ3) is 55.4. The number of carbonyl (C=O) groups excluding carboxylic acids is 3. The average molecular weight is 962 g/mol. The zero-order valence-electron chi connectivity index (χ0n) is 45.3. The second kappa shape index (κ2) is 57.2. The van der Waals surface area contributed by atoms with Crippen molar-refractivity contribution in [2.24, 2.45) is 0 Å². The second-order valence-electron chi connectivity index (χ2n) is 19.2. The summed E-state index contributed by atoms with van der Waals surface area (Å²) in [5.41, 5.74) is 0. The van der Waals surface area contributed by atoms with E-state index in [1.54, 1.807) is 0 Å². The van der Waals surface area contributed by atoms with Gasteiger partial charge in [-0.1, -0.05) is 247 Å². The Balaban J connectivity index is 4.13. The van der Waals surface area contributed by atoms with Crippen LogP contribution in [0.3, 0.4) is 0 Å². The van der Waals surface area contributed by atoms with Crippen molar-refractivity contribution < 1.29 is 28.6 Å². The van der Waals surface area contributed by atoms with Crippen LogP contribution in [-0.2, 0) is 28.6 Å². The number of rotatable bonds is 52. The highest BCUT2D eigenvalue weighted by atomic mass is 16.6. The molecule has 0 saturated heterocycles. The fourth-order valence-corrected chi connectivity index (χ4v) is 8.03. The van der Waals surface area contributed by atoms with Crippen LogP contribution in [0.4, 0.5) is 0 Å². The summed E-state index contributed by atoms with van der Waals surface area (Å²) < 4.78 is 16.7. The van der Waals surface area contributed by atoms with Crippen LogP contribution in [0.15, 0.2) is 85.1 Å². The first-order chi connectivity index (χ1) is 34.0. The minimum absolute atomic E-state index is 0.0812. The normalized spacial score (nSPS) is 12.7. The van der Waals surface area contributed by atoms with Crippen LogP contribution in [0, 0.1) is 0 Å². The van der Waals surface area contributed by atoms with Crippen molar-refractivity contribution in [1.82, 2.24) is 0 Å². The van der Waals surface area contributed by atoms with E-state index in [2.05, 4.69) is 106 Å². The lowest BCUT2D eigenvalue weighted by molar-refractivity contribution is -0.167.